The zero-order valence-electron chi connectivity index (χ0n) is 22.4. The van der Waals surface area contributed by atoms with Crippen LogP contribution in [0.1, 0.15) is 52.7 Å². The predicted octanol–water partition coefficient (Wildman–Crippen LogP) is 7.39. The Morgan fingerprint density at radius 1 is 0.595 bits per heavy atom. The van der Waals surface area contributed by atoms with Crippen LogP contribution in [-0.4, -0.2) is 22.9 Å². The normalized spacial score (nSPS) is 18.9. The van der Waals surface area contributed by atoms with Crippen LogP contribution in [0.2, 0.25) is 0 Å². The number of hydrogen-bond donors (Lipinski definition) is 0. The highest BCUT2D eigenvalue weighted by Crippen LogP contribution is 2.49. The van der Waals surface area contributed by atoms with Crippen molar-refractivity contribution in [1.29, 1.82) is 0 Å². The predicted molar refractivity (Wildman–Crippen MR) is 154 cm³/mol. The third-order valence-corrected chi connectivity index (χ3v) is 9.05. The maximum atomic E-state index is 6.41. The van der Waals surface area contributed by atoms with Gasteiger partial charge in [0.05, 0.1) is 22.2 Å². The van der Waals surface area contributed by atoms with Crippen molar-refractivity contribution in [2.45, 2.75) is 58.2 Å². The molecule has 184 valence electrons. The van der Waals surface area contributed by atoms with Crippen molar-refractivity contribution >= 4 is 34.4 Å². The summed E-state index contributed by atoms with van der Waals surface area (Å²) in [5.74, 6) is 0. The number of fused-ring (bicyclic) bond motifs is 6. The van der Waals surface area contributed by atoms with E-state index >= 15 is 0 Å². The standard InChI is InChI=1S/C33H32BNO2/c1-31(2)27-13-9-7-11-23(27)24-18-16-22(20-28(24)31)35-29-14-10-8-12-25(29)26-17-15-21(19-30(26)35)34-36-32(3,4)33(5,6)37-34/h7-20H,1-6H3. The molecule has 1 saturated heterocycles. The van der Waals surface area contributed by atoms with Crippen molar-refractivity contribution in [2.75, 3.05) is 0 Å². The maximum absolute atomic E-state index is 6.41. The van der Waals surface area contributed by atoms with E-state index in [1.165, 1.54) is 49.7 Å². The summed E-state index contributed by atoms with van der Waals surface area (Å²) in [5, 5.41) is 2.49. The van der Waals surface area contributed by atoms with E-state index in [1.807, 2.05) is 0 Å². The van der Waals surface area contributed by atoms with Crippen LogP contribution in [0.25, 0.3) is 38.6 Å². The molecule has 0 radical (unpaired) electrons. The van der Waals surface area contributed by atoms with Crippen LogP contribution >= 0.6 is 0 Å². The summed E-state index contributed by atoms with van der Waals surface area (Å²) in [6, 6.07) is 31.1. The van der Waals surface area contributed by atoms with Crippen LogP contribution in [0.15, 0.2) is 84.9 Å². The van der Waals surface area contributed by atoms with Gasteiger partial charge in [-0.05, 0) is 79.7 Å². The van der Waals surface area contributed by atoms with E-state index in [2.05, 4.69) is 131 Å². The summed E-state index contributed by atoms with van der Waals surface area (Å²) in [6.45, 7) is 13.1. The minimum Gasteiger partial charge on any atom is -0.399 e. The van der Waals surface area contributed by atoms with Crippen molar-refractivity contribution < 1.29 is 9.31 Å². The second-order valence-electron chi connectivity index (χ2n) is 12.1. The lowest BCUT2D eigenvalue weighted by Gasteiger charge is -2.32. The molecule has 1 aliphatic carbocycles. The van der Waals surface area contributed by atoms with Gasteiger partial charge in [-0.2, -0.15) is 0 Å². The van der Waals surface area contributed by atoms with E-state index < -0.39 is 7.12 Å². The molecule has 0 bridgehead atoms. The van der Waals surface area contributed by atoms with Gasteiger partial charge in [0, 0.05) is 21.9 Å². The first-order valence-corrected chi connectivity index (χ1v) is 13.2. The molecule has 0 saturated carbocycles. The molecular weight excluding hydrogens is 453 g/mol. The molecule has 37 heavy (non-hydrogen) atoms. The van der Waals surface area contributed by atoms with E-state index in [1.54, 1.807) is 0 Å². The Hall–Kier alpha value is -3.34. The Kier molecular flexibility index (Phi) is 4.55. The Bertz CT molecular complexity index is 1710. The number of para-hydroxylation sites is 1. The highest BCUT2D eigenvalue weighted by atomic mass is 16.7. The molecule has 0 spiro atoms. The number of benzene rings is 4. The van der Waals surface area contributed by atoms with E-state index in [0.717, 1.165) is 5.46 Å². The summed E-state index contributed by atoms with van der Waals surface area (Å²) >= 11 is 0. The van der Waals surface area contributed by atoms with Crippen molar-refractivity contribution in [3.8, 4) is 16.8 Å². The fourth-order valence-corrected chi connectivity index (χ4v) is 6.22. The van der Waals surface area contributed by atoms with Gasteiger partial charge in [-0.25, -0.2) is 0 Å². The maximum Gasteiger partial charge on any atom is 0.494 e. The molecule has 5 aromatic rings. The van der Waals surface area contributed by atoms with E-state index in [4.69, 9.17) is 9.31 Å². The Labute approximate surface area is 219 Å². The second kappa shape index (κ2) is 7.37. The lowest BCUT2D eigenvalue weighted by Crippen LogP contribution is -2.41. The molecule has 4 heteroatoms. The van der Waals surface area contributed by atoms with E-state index in [9.17, 15) is 0 Å². The van der Waals surface area contributed by atoms with Gasteiger partial charge in [-0.3, -0.25) is 0 Å². The van der Waals surface area contributed by atoms with Crippen LogP contribution in [0, 0.1) is 0 Å². The SMILES string of the molecule is CC1(C)c2ccccc2-c2ccc(-n3c4ccccc4c4ccc(B5OC(C)(C)C(C)(C)O5)cc43)cc21. The molecule has 2 aliphatic rings. The minimum absolute atomic E-state index is 0.0471. The summed E-state index contributed by atoms with van der Waals surface area (Å²) in [4.78, 5) is 0. The number of nitrogens with zero attached hydrogens (tertiary/aromatic N) is 1. The van der Waals surface area contributed by atoms with Crippen LogP contribution in [0.4, 0.5) is 0 Å². The van der Waals surface area contributed by atoms with Gasteiger partial charge in [-0.1, -0.05) is 74.5 Å². The van der Waals surface area contributed by atoms with Crippen molar-refractivity contribution in [3.05, 3.63) is 96.1 Å². The van der Waals surface area contributed by atoms with Crippen LogP contribution in [0.3, 0.4) is 0 Å². The number of hydrogen-bond acceptors (Lipinski definition) is 2. The quantitative estimate of drug-likeness (QED) is 0.244. The summed E-state index contributed by atoms with van der Waals surface area (Å²) in [6.07, 6.45) is 0. The molecule has 0 atom stereocenters. The third-order valence-electron chi connectivity index (χ3n) is 9.05. The molecule has 4 aromatic carbocycles. The van der Waals surface area contributed by atoms with Crippen LogP contribution in [0.5, 0.6) is 0 Å². The van der Waals surface area contributed by atoms with Crippen LogP contribution < -0.4 is 5.46 Å². The summed E-state index contributed by atoms with van der Waals surface area (Å²) in [5.41, 5.74) is 9.25. The fourth-order valence-electron chi connectivity index (χ4n) is 6.22. The third kappa shape index (κ3) is 3.09. The van der Waals surface area contributed by atoms with Gasteiger partial charge in [0.15, 0.2) is 0 Å². The molecule has 0 unspecified atom stereocenters. The highest BCUT2D eigenvalue weighted by molar-refractivity contribution is 6.62. The highest BCUT2D eigenvalue weighted by Gasteiger charge is 2.51. The van der Waals surface area contributed by atoms with Gasteiger partial charge < -0.3 is 13.9 Å². The second-order valence-corrected chi connectivity index (χ2v) is 12.1. The van der Waals surface area contributed by atoms with E-state index in [-0.39, 0.29) is 16.6 Å². The number of rotatable bonds is 2. The van der Waals surface area contributed by atoms with Crippen LogP contribution in [-0.2, 0) is 14.7 Å². The van der Waals surface area contributed by atoms with Gasteiger partial charge in [-0.15, -0.1) is 0 Å². The molecule has 1 aliphatic heterocycles. The molecule has 0 amide bonds. The Morgan fingerprint density at radius 3 is 2.03 bits per heavy atom. The first-order valence-electron chi connectivity index (χ1n) is 13.2. The Balaban J connectivity index is 1.44. The van der Waals surface area contributed by atoms with Gasteiger partial charge in [0.1, 0.15) is 0 Å². The van der Waals surface area contributed by atoms with Crippen molar-refractivity contribution in [1.82, 2.24) is 4.57 Å². The van der Waals surface area contributed by atoms with Crippen molar-refractivity contribution in [3.63, 3.8) is 0 Å². The lowest BCUT2D eigenvalue weighted by molar-refractivity contribution is 0.00578. The first-order chi connectivity index (χ1) is 17.6. The first kappa shape index (κ1) is 22.8. The summed E-state index contributed by atoms with van der Waals surface area (Å²) < 4.78 is 15.2. The monoisotopic (exact) mass is 485 g/mol. The Morgan fingerprint density at radius 2 is 1.24 bits per heavy atom. The molecule has 3 nitrogen and oxygen atoms in total. The zero-order valence-corrected chi connectivity index (χ0v) is 22.4. The minimum atomic E-state index is -0.394. The topological polar surface area (TPSA) is 23.4 Å². The molecule has 1 fully saturated rings. The number of aromatic nitrogens is 1. The fraction of sp³-hybridized carbons (Fsp3) is 0.273. The van der Waals surface area contributed by atoms with E-state index in [0.29, 0.717) is 0 Å². The molecule has 1 aromatic heterocycles. The largest absolute Gasteiger partial charge is 0.494 e. The average molecular weight is 485 g/mol. The molecule has 7 rings (SSSR count). The molecule has 2 heterocycles. The van der Waals surface area contributed by atoms with Crippen molar-refractivity contribution in [2.24, 2.45) is 0 Å². The molecular formula is C33H32BNO2. The average Bonchev–Trinajstić information content (AvgIpc) is 3.41. The summed E-state index contributed by atoms with van der Waals surface area (Å²) in [7, 11) is -0.394. The lowest BCUT2D eigenvalue weighted by atomic mass is 9.79. The smallest absolute Gasteiger partial charge is 0.399 e. The van der Waals surface area contributed by atoms with Gasteiger partial charge in [0.25, 0.3) is 0 Å². The van der Waals surface area contributed by atoms with Gasteiger partial charge >= 0.3 is 7.12 Å². The molecule has 0 N–H and O–H groups in total. The zero-order chi connectivity index (χ0) is 25.7. The van der Waals surface area contributed by atoms with Gasteiger partial charge in [0.2, 0.25) is 0 Å².